The molecule has 2 amide bonds. The lowest BCUT2D eigenvalue weighted by Gasteiger charge is -2.29. The molecule has 39 heavy (non-hydrogen) atoms. The van der Waals surface area contributed by atoms with E-state index < -0.39 is 11.7 Å². The molecular weight excluding hydrogens is 489 g/mol. The van der Waals surface area contributed by atoms with Gasteiger partial charge < -0.3 is 15.1 Å². The fourth-order valence-corrected chi connectivity index (χ4v) is 4.74. The summed E-state index contributed by atoms with van der Waals surface area (Å²) in [5.74, 6) is -1.09. The van der Waals surface area contributed by atoms with Gasteiger partial charge in [-0.1, -0.05) is 73.7 Å². The Morgan fingerprint density at radius 2 is 1.51 bits per heavy atom. The van der Waals surface area contributed by atoms with Crippen molar-refractivity contribution in [3.63, 3.8) is 0 Å². The molecular formula is C33H34FN3O2. The molecule has 6 heteroatoms. The molecule has 1 unspecified atom stereocenters. The summed E-state index contributed by atoms with van der Waals surface area (Å²) in [6.07, 6.45) is 0.679. The third-order valence-electron chi connectivity index (χ3n) is 6.70. The van der Waals surface area contributed by atoms with E-state index >= 15 is 0 Å². The molecule has 0 aliphatic rings. The van der Waals surface area contributed by atoms with Crippen molar-refractivity contribution in [2.45, 2.75) is 32.4 Å². The highest BCUT2D eigenvalue weighted by Gasteiger charge is 2.26. The fraction of sp³-hybridized carbons (Fsp3) is 0.212. The number of nitrogens with one attached hydrogen (secondary N) is 1. The van der Waals surface area contributed by atoms with E-state index in [4.69, 9.17) is 0 Å². The zero-order chi connectivity index (χ0) is 27.8. The number of nitrogens with zero attached hydrogens (tertiary/aromatic N) is 2. The predicted octanol–water partition coefficient (Wildman–Crippen LogP) is 6.87. The van der Waals surface area contributed by atoms with E-state index in [0.717, 1.165) is 22.4 Å². The second kappa shape index (κ2) is 12.9. The van der Waals surface area contributed by atoms with Gasteiger partial charge in [0.2, 0.25) is 5.91 Å². The van der Waals surface area contributed by atoms with Crippen molar-refractivity contribution in [1.29, 1.82) is 0 Å². The summed E-state index contributed by atoms with van der Waals surface area (Å²) in [4.78, 5) is 30.7. The largest absolute Gasteiger partial charge is 0.377 e. The van der Waals surface area contributed by atoms with Gasteiger partial charge in [0.05, 0.1) is 5.92 Å². The topological polar surface area (TPSA) is 52.7 Å². The maximum absolute atomic E-state index is 14.1. The van der Waals surface area contributed by atoms with Crippen molar-refractivity contribution < 1.29 is 14.0 Å². The van der Waals surface area contributed by atoms with Gasteiger partial charge >= 0.3 is 0 Å². The number of hydrogen-bond acceptors (Lipinski definition) is 3. The highest BCUT2D eigenvalue weighted by Crippen LogP contribution is 2.29. The van der Waals surface area contributed by atoms with Gasteiger partial charge in [-0.2, -0.15) is 0 Å². The molecule has 0 aliphatic heterocycles. The number of hydrogen-bond donors (Lipinski definition) is 1. The second-order valence-electron chi connectivity index (χ2n) is 9.75. The number of rotatable bonds is 10. The Bertz CT molecular complexity index is 1410. The van der Waals surface area contributed by atoms with Crippen LogP contribution in [0.4, 0.5) is 15.8 Å². The van der Waals surface area contributed by atoms with Crippen LogP contribution < -0.4 is 10.2 Å². The lowest BCUT2D eigenvalue weighted by molar-refractivity contribution is -0.134. The smallest absolute Gasteiger partial charge is 0.255 e. The normalized spacial score (nSPS) is 11.5. The van der Waals surface area contributed by atoms with Crippen LogP contribution in [0.3, 0.4) is 0 Å². The number of anilines is 2. The van der Waals surface area contributed by atoms with Gasteiger partial charge in [0.25, 0.3) is 5.91 Å². The molecule has 1 atom stereocenters. The summed E-state index contributed by atoms with van der Waals surface area (Å²) in [5.41, 5.74) is 4.68. The summed E-state index contributed by atoms with van der Waals surface area (Å²) >= 11 is 0. The Balaban J connectivity index is 1.67. The fourth-order valence-electron chi connectivity index (χ4n) is 4.74. The zero-order valence-corrected chi connectivity index (χ0v) is 22.6. The van der Waals surface area contributed by atoms with Gasteiger partial charge in [-0.25, -0.2) is 4.39 Å². The van der Waals surface area contributed by atoms with Gasteiger partial charge in [-0.05, 0) is 59.5 Å². The van der Waals surface area contributed by atoms with E-state index in [0.29, 0.717) is 25.2 Å². The first-order valence-corrected chi connectivity index (χ1v) is 13.1. The molecule has 0 fully saturated rings. The maximum atomic E-state index is 14.1. The van der Waals surface area contributed by atoms with Gasteiger partial charge in [0.1, 0.15) is 5.82 Å². The highest BCUT2D eigenvalue weighted by molar-refractivity contribution is 6.04. The molecule has 4 aromatic rings. The summed E-state index contributed by atoms with van der Waals surface area (Å²) in [6, 6.07) is 31.0. The Morgan fingerprint density at radius 1 is 0.821 bits per heavy atom. The lowest BCUT2D eigenvalue weighted by Crippen LogP contribution is -2.34. The monoisotopic (exact) mass is 523 g/mol. The van der Waals surface area contributed by atoms with Crippen molar-refractivity contribution in [2.24, 2.45) is 0 Å². The van der Waals surface area contributed by atoms with E-state index in [1.807, 2.05) is 110 Å². The van der Waals surface area contributed by atoms with Gasteiger partial charge in [-0.3, -0.25) is 9.59 Å². The minimum Gasteiger partial charge on any atom is -0.377 e. The van der Waals surface area contributed by atoms with Crippen molar-refractivity contribution in [3.05, 3.63) is 131 Å². The first kappa shape index (κ1) is 27.6. The number of amides is 2. The van der Waals surface area contributed by atoms with Crippen LogP contribution in [0.5, 0.6) is 0 Å². The first-order chi connectivity index (χ1) is 18.9. The van der Waals surface area contributed by atoms with Gasteiger partial charge in [0.15, 0.2) is 0 Å². The van der Waals surface area contributed by atoms with Crippen molar-refractivity contribution in [2.75, 3.05) is 24.3 Å². The third-order valence-corrected chi connectivity index (χ3v) is 6.70. The van der Waals surface area contributed by atoms with Crippen LogP contribution in [-0.4, -0.2) is 30.8 Å². The van der Waals surface area contributed by atoms with Crippen LogP contribution in [0, 0.1) is 5.82 Å². The minimum absolute atomic E-state index is 0.0476. The van der Waals surface area contributed by atoms with Gasteiger partial charge in [-0.15, -0.1) is 0 Å². The molecule has 0 saturated carbocycles. The molecule has 0 aromatic heterocycles. The Kier molecular flexibility index (Phi) is 9.10. The molecule has 0 bridgehead atoms. The Hall–Kier alpha value is -4.45. The molecule has 0 heterocycles. The van der Waals surface area contributed by atoms with Crippen molar-refractivity contribution >= 4 is 23.2 Å². The predicted molar refractivity (Wildman–Crippen MR) is 155 cm³/mol. The maximum Gasteiger partial charge on any atom is 0.255 e. The van der Waals surface area contributed by atoms with E-state index in [2.05, 4.69) is 5.32 Å². The average molecular weight is 524 g/mol. The lowest BCUT2D eigenvalue weighted by atomic mass is 9.94. The molecule has 0 radical (unpaired) electrons. The van der Waals surface area contributed by atoms with Crippen LogP contribution in [-0.2, 0) is 17.9 Å². The number of carbonyl (C=O) groups is 2. The van der Waals surface area contributed by atoms with Crippen LogP contribution in [0.2, 0.25) is 0 Å². The molecule has 0 aliphatic carbocycles. The Morgan fingerprint density at radius 3 is 2.15 bits per heavy atom. The molecule has 4 aromatic carbocycles. The van der Waals surface area contributed by atoms with Gasteiger partial charge in [0, 0.05) is 44.1 Å². The average Bonchev–Trinajstić information content (AvgIpc) is 2.94. The van der Waals surface area contributed by atoms with Crippen LogP contribution in [0.25, 0.3) is 0 Å². The summed E-state index contributed by atoms with van der Waals surface area (Å²) < 4.78 is 13.7. The SMILES string of the molecule is CCC(C(=O)N(Cc1ccccc1)Cc1cc(NC(=O)c2cccc(F)c2)ccc1N(C)C)c1ccccc1. The van der Waals surface area contributed by atoms with Crippen LogP contribution >= 0.6 is 0 Å². The van der Waals surface area contributed by atoms with E-state index in [9.17, 15) is 14.0 Å². The molecule has 0 spiro atoms. The zero-order valence-electron chi connectivity index (χ0n) is 22.6. The highest BCUT2D eigenvalue weighted by atomic mass is 19.1. The molecule has 5 nitrogen and oxygen atoms in total. The number of halogens is 1. The van der Waals surface area contributed by atoms with E-state index in [-0.39, 0.29) is 17.4 Å². The summed E-state index contributed by atoms with van der Waals surface area (Å²) in [5, 5.41) is 2.88. The third kappa shape index (κ3) is 7.11. The molecule has 0 saturated heterocycles. The molecule has 1 N–H and O–H groups in total. The van der Waals surface area contributed by atoms with Crippen molar-refractivity contribution in [1.82, 2.24) is 4.90 Å². The minimum atomic E-state index is -0.467. The number of carbonyl (C=O) groups excluding carboxylic acids is 2. The van der Waals surface area contributed by atoms with Crippen LogP contribution in [0.1, 0.15) is 46.3 Å². The van der Waals surface area contributed by atoms with E-state index in [1.54, 1.807) is 6.07 Å². The van der Waals surface area contributed by atoms with Crippen molar-refractivity contribution in [3.8, 4) is 0 Å². The number of benzene rings is 4. The standard InChI is InChI=1S/C33H34FN3O2/c1-4-30(25-14-9-6-10-15-25)33(39)37(22-24-12-7-5-8-13-24)23-27-21-29(18-19-31(27)36(2)3)35-32(38)26-16-11-17-28(34)20-26/h5-21,30H,4,22-23H2,1-3H3,(H,35,38). The second-order valence-corrected chi connectivity index (χ2v) is 9.75. The summed E-state index contributed by atoms with van der Waals surface area (Å²) in [6.45, 7) is 2.84. The molecule has 4 rings (SSSR count). The Labute approximate surface area is 229 Å². The van der Waals surface area contributed by atoms with Crippen LogP contribution in [0.15, 0.2) is 103 Å². The summed E-state index contributed by atoms with van der Waals surface area (Å²) in [7, 11) is 3.90. The quantitative estimate of drug-likeness (QED) is 0.247. The van der Waals surface area contributed by atoms with E-state index in [1.165, 1.54) is 18.2 Å². The molecule has 200 valence electrons. The first-order valence-electron chi connectivity index (χ1n) is 13.1.